The zero-order chi connectivity index (χ0) is 25.7. The van der Waals surface area contributed by atoms with Crippen molar-refractivity contribution < 1.29 is 4.74 Å². The first-order valence-electron chi connectivity index (χ1n) is 15.1. The summed E-state index contributed by atoms with van der Waals surface area (Å²) in [6.45, 7) is 6.44. The molecule has 3 nitrogen and oxygen atoms in total. The van der Waals surface area contributed by atoms with Gasteiger partial charge in [-0.3, -0.25) is 0 Å². The smallest absolute Gasteiger partial charge is 0.0852 e. The van der Waals surface area contributed by atoms with Gasteiger partial charge in [-0.25, -0.2) is 0 Å². The van der Waals surface area contributed by atoms with Crippen molar-refractivity contribution in [1.29, 1.82) is 0 Å². The maximum absolute atomic E-state index is 6.15. The summed E-state index contributed by atoms with van der Waals surface area (Å²) < 4.78 is 6.15. The number of ether oxygens (including phenoxy) is 1. The van der Waals surface area contributed by atoms with Crippen LogP contribution >= 0.6 is 0 Å². The monoisotopic (exact) mass is 508 g/mol. The van der Waals surface area contributed by atoms with Gasteiger partial charge in [-0.1, -0.05) is 79.2 Å². The molecule has 0 amide bonds. The van der Waals surface area contributed by atoms with E-state index in [1.54, 1.807) is 0 Å². The van der Waals surface area contributed by atoms with Gasteiger partial charge in [0.2, 0.25) is 0 Å². The van der Waals surface area contributed by atoms with Crippen molar-refractivity contribution in [1.82, 2.24) is 9.80 Å². The Hall–Kier alpha value is -2.46. The first-order chi connectivity index (χ1) is 18.8. The van der Waals surface area contributed by atoms with Crippen LogP contribution in [0.2, 0.25) is 0 Å². The van der Waals surface area contributed by atoms with Gasteiger partial charge in [-0.05, 0) is 117 Å². The highest BCUT2D eigenvalue weighted by Crippen LogP contribution is 2.40. The largest absolute Gasteiger partial charge is 0.376 e. The molecule has 0 radical (unpaired) electrons. The molecule has 0 spiro atoms. The minimum Gasteiger partial charge on any atom is -0.376 e. The summed E-state index contributed by atoms with van der Waals surface area (Å²) in [6, 6.07) is 27.5. The fourth-order valence-corrected chi connectivity index (χ4v) is 7.27. The Morgan fingerprint density at radius 2 is 1.37 bits per heavy atom. The molecule has 0 saturated carbocycles. The molecule has 2 saturated heterocycles. The average Bonchev–Trinajstić information content (AvgIpc) is 3.00. The molecule has 2 atom stereocenters. The van der Waals surface area contributed by atoms with Gasteiger partial charge in [0.05, 0.1) is 6.10 Å². The van der Waals surface area contributed by atoms with E-state index in [2.05, 4.69) is 82.6 Å². The summed E-state index contributed by atoms with van der Waals surface area (Å²) in [6.07, 6.45) is 10.8. The lowest BCUT2D eigenvalue weighted by Crippen LogP contribution is -2.47. The molecule has 0 aromatic heterocycles. The second-order valence-electron chi connectivity index (χ2n) is 11.8. The predicted molar refractivity (Wildman–Crippen MR) is 158 cm³/mol. The highest BCUT2D eigenvalue weighted by atomic mass is 16.5. The van der Waals surface area contributed by atoms with Gasteiger partial charge in [-0.15, -0.1) is 0 Å². The summed E-state index contributed by atoms with van der Waals surface area (Å²) in [5.41, 5.74) is 8.03. The lowest BCUT2D eigenvalue weighted by Gasteiger charge is -2.41. The molecule has 200 valence electrons. The summed E-state index contributed by atoms with van der Waals surface area (Å²) in [5.74, 6) is 0.614. The Morgan fingerprint density at radius 3 is 2.08 bits per heavy atom. The third-order valence-electron chi connectivity index (χ3n) is 9.52. The van der Waals surface area contributed by atoms with E-state index in [1.807, 2.05) is 7.11 Å². The van der Waals surface area contributed by atoms with Gasteiger partial charge in [0.15, 0.2) is 0 Å². The number of hydrogen-bond acceptors (Lipinski definition) is 3. The molecule has 0 bridgehead atoms. The van der Waals surface area contributed by atoms with E-state index >= 15 is 0 Å². The summed E-state index contributed by atoms with van der Waals surface area (Å²) in [4.78, 5) is 5.51. The van der Waals surface area contributed by atoms with Crippen molar-refractivity contribution in [2.24, 2.45) is 5.92 Å². The third kappa shape index (κ3) is 5.76. The topological polar surface area (TPSA) is 15.7 Å². The number of methoxy groups -OCH3 is 1. The van der Waals surface area contributed by atoms with Crippen molar-refractivity contribution in [3.05, 3.63) is 83.9 Å². The Balaban J connectivity index is 1.06. The van der Waals surface area contributed by atoms with Crippen LogP contribution in [0.5, 0.6) is 0 Å². The molecule has 1 aliphatic carbocycles. The second kappa shape index (κ2) is 12.2. The van der Waals surface area contributed by atoms with Crippen molar-refractivity contribution in [2.45, 2.75) is 63.5 Å². The number of nitrogens with zero attached hydrogens (tertiary/aromatic N) is 2. The highest BCUT2D eigenvalue weighted by Gasteiger charge is 2.31. The van der Waals surface area contributed by atoms with Crippen LogP contribution in [0.25, 0.3) is 22.3 Å². The van der Waals surface area contributed by atoms with E-state index in [0.717, 1.165) is 12.5 Å². The van der Waals surface area contributed by atoms with Gasteiger partial charge in [0.1, 0.15) is 0 Å². The van der Waals surface area contributed by atoms with E-state index in [0.29, 0.717) is 5.92 Å². The zero-order valence-corrected chi connectivity index (χ0v) is 23.2. The van der Waals surface area contributed by atoms with Crippen LogP contribution in [0.1, 0.15) is 62.2 Å². The van der Waals surface area contributed by atoms with Gasteiger partial charge >= 0.3 is 0 Å². The van der Waals surface area contributed by atoms with Crippen molar-refractivity contribution in [3.8, 4) is 22.3 Å². The fourth-order valence-electron chi connectivity index (χ4n) is 7.27. The average molecular weight is 509 g/mol. The first kappa shape index (κ1) is 25.8. The van der Waals surface area contributed by atoms with Crippen molar-refractivity contribution in [2.75, 3.05) is 39.8 Å². The number of fused-ring (bicyclic) bond motifs is 1. The molecule has 6 rings (SSSR count). The molecule has 2 heterocycles. The molecule has 3 aromatic carbocycles. The number of benzene rings is 3. The Morgan fingerprint density at radius 1 is 0.711 bits per heavy atom. The number of hydrogen-bond donors (Lipinski definition) is 0. The molecule has 3 aromatic rings. The maximum atomic E-state index is 6.15. The maximum Gasteiger partial charge on any atom is 0.0852 e. The molecule has 2 unspecified atom stereocenters. The van der Waals surface area contributed by atoms with Gasteiger partial charge in [0.25, 0.3) is 0 Å². The lowest BCUT2D eigenvalue weighted by atomic mass is 9.78. The van der Waals surface area contributed by atoms with Crippen LogP contribution in [0.3, 0.4) is 0 Å². The number of aryl methyl sites for hydroxylation is 1. The molecular formula is C35H44N2O. The molecule has 2 fully saturated rings. The minimum atomic E-state index is 0.221. The Labute approximate surface area is 229 Å². The van der Waals surface area contributed by atoms with E-state index in [4.69, 9.17) is 4.74 Å². The standard InChI is InChI=1S/C35H44N2O/c1-38-35-30(18-23-36-24-19-33(20-25-36)37-21-6-3-7-22-37)14-15-32-26-31(16-17-34(32)35)29-12-10-28(11-13-29)27-8-4-2-5-9-27/h2,4-5,8-13,16-17,26,30,33,35H,3,6-7,14-15,18-25H2,1H3. The summed E-state index contributed by atoms with van der Waals surface area (Å²) in [5, 5.41) is 0. The molecule has 0 N–H and O–H groups in total. The van der Waals surface area contributed by atoms with Crippen LogP contribution in [0, 0.1) is 5.92 Å². The molecular weight excluding hydrogens is 464 g/mol. The van der Waals surface area contributed by atoms with Gasteiger partial charge in [0, 0.05) is 13.2 Å². The van der Waals surface area contributed by atoms with E-state index in [9.17, 15) is 0 Å². The third-order valence-corrected chi connectivity index (χ3v) is 9.52. The number of piperidine rings is 2. The van der Waals surface area contributed by atoms with Crippen molar-refractivity contribution in [3.63, 3.8) is 0 Å². The molecule has 3 aliphatic rings. The van der Waals surface area contributed by atoms with E-state index < -0.39 is 0 Å². The summed E-state index contributed by atoms with van der Waals surface area (Å²) in [7, 11) is 1.91. The Kier molecular flexibility index (Phi) is 8.25. The Bertz CT molecular complexity index is 1160. The van der Waals surface area contributed by atoms with E-state index in [-0.39, 0.29) is 6.10 Å². The normalized spacial score (nSPS) is 23.3. The fraction of sp³-hybridized carbons (Fsp3) is 0.486. The van der Waals surface area contributed by atoms with Crippen molar-refractivity contribution >= 4 is 0 Å². The van der Waals surface area contributed by atoms with Crippen LogP contribution in [-0.2, 0) is 11.2 Å². The van der Waals surface area contributed by atoms with E-state index in [1.165, 1.54) is 111 Å². The van der Waals surface area contributed by atoms with Crippen LogP contribution in [0.15, 0.2) is 72.8 Å². The quantitative estimate of drug-likeness (QED) is 0.327. The minimum absolute atomic E-state index is 0.221. The van der Waals surface area contributed by atoms with Gasteiger partial charge < -0.3 is 14.5 Å². The lowest BCUT2D eigenvalue weighted by molar-refractivity contribution is 0.0284. The predicted octanol–water partition coefficient (Wildman–Crippen LogP) is 7.61. The SMILES string of the molecule is COC1c2ccc(-c3ccc(-c4ccccc4)cc3)cc2CCC1CCN1CCC(N2CCCCC2)CC1. The van der Waals surface area contributed by atoms with Crippen LogP contribution in [-0.4, -0.2) is 55.7 Å². The van der Waals surface area contributed by atoms with Gasteiger partial charge in [-0.2, -0.15) is 0 Å². The van der Waals surface area contributed by atoms with Crippen LogP contribution < -0.4 is 0 Å². The molecule has 3 heteroatoms. The number of rotatable bonds is 7. The molecule has 38 heavy (non-hydrogen) atoms. The number of likely N-dealkylation sites (tertiary alicyclic amines) is 2. The second-order valence-corrected chi connectivity index (χ2v) is 11.8. The van der Waals surface area contributed by atoms with Crippen LogP contribution in [0.4, 0.5) is 0 Å². The first-order valence-corrected chi connectivity index (χ1v) is 15.1. The molecule has 2 aliphatic heterocycles. The summed E-state index contributed by atoms with van der Waals surface area (Å²) >= 11 is 0. The highest BCUT2D eigenvalue weighted by molar-refractivity contribution is 5.71. The zero-order valence-electron chi connectivity index (χ0n) is 23.2.